The van der Waals surface area contributed by atoms with Crippen LogP contribution in [0.25, 0.3) is 0 Å². The predicted molar refractivity (Wildman–Crippen MR) is 82.9 cm³/mol. The highest BCUT2D eigenvalue weighted by atomic mass is 32.1. The van der Waals surface area contributed by atoms with Crippen LogP contribution < -0.4 is 16.0 Å². The Morgan fingerprint density at radius 1 is 1.28 bits per heavy atom. The monoisotopic (exact) mass is 269 g/mol. The van der Waals surface area contributed by atoms with Crippen molar-refractivity contribution in [3.63, 3.8) is 0 Å². The molecule has 3 N–H and O–H groups in total. The summed E-state index contributed by atoms with van der Waals surface area (Å²) in [6.45, 7) is 15.6. The number of thiocarbonyl (C=S) groups is 1. The van der Waals surface area contributed by atoms with Gasteiger partial charge in [0.05, 0.1) is 0 Å². The van der Waals surface area contributed by atoms with Gasteiger partial charge in [0.25, 0.3) is 0 Å². The molecule has 0 unspecified atom stereocenters. The van der Waals surface area contributed by atoms with Crippen LogP contribution in [-0.2, 0) is 0 Å². The first-order valence-corrected chi connectivity index (χ1v) is 6.99. The molecule has 104 valence electrons. The zero-order chi connectivity index (χ0) is 14.0. The minimum atomic E-state index is 0.142. The molecule has 1 aliphatic heterocycles. The van der Waals surface area contributed by atoms with Gasteiger partial charge in [-0.25, -0.2) is 0 Å². The highest BCUT2D eigenvalue weighted by Crippen LogP contribution is 2.28. The highest BCUT2D eigenvalue weighted by Gasteiger charge is 2.37. The van der Waals surface area contributed by atoms with E-state index in [1.165, 1.54) is 0 Å². The lowest BCUT2D eigenvalue weighted by Gasteiger charge is -2.46. The summed E-state index contributed by atoms with van der Waals surface area (Å²) in [5, 5.41) is 11.0. The Morgan fingerprint density at radius 3 is 2.22 bits per heavy atom. The van der Waals surface area contributed by atoms with E-state index >= 15 is 0 Å². The topological polar surface area (TPSA) is 36.1 Å². The number of nitrogens with one attached hydrogen (secondary N) is 3. The summed E-state index contributed by atoms with van der Waals surface area (Å²) in [5.41, 5.74) is 1.37. The van der Waals surface area contributed by atoms with Crippen LogP contribution in [0.3, 0.4) is 0 Å². The molecule has 1 heterocycles. The lowest BCUT2D eigenvalue weighted by atomic mass is 9.80. The molecule has 4 heteroatoms. The van der Waals surface area contributed by atoms with Gasteiger partial charge in [-0.2, -0.15) is 0 Å². The molecule has 18 heavy (non-hydrogen) atoms. The zero-order valence-corrected chi connectivity index (χ0v) is 13.1. The van der Waals surface area contributed by atoms with E-state index in [1.54, 1.807) is 0 Å². The van der Waals surface area contributed by atoms with Gasteiger partial charge in [-0.15, -0.1) is 0 Å². The maximum absolute atomic E-state index is 5.32. The third kappa shape index (κ3) is 5.36. The molecule has 0 aromatic rings. The molecular formula is C14H27N3S. The van der Waals surface area contributed by atoms with Crippen LogP contribution >= 0.6 is 12.2 Å². The summed E-state index contributed by atoms with van der Waals surface area (Å²) < 4.78 is 0. The third-order valence-electron chi connectivity index (χ3n) is 3.08. The van der Waals surface area contributed by atoms with Crippen molar-refractivity contribution in [3.8, 4) is 0 Å². The van der Waals surface area contributed by atoms with E-state index in [1.807, 2.05) is 6.92 Å². The number of hydrogen-bond acceptors (Lipinski definition) is 2. The number of hydrogen-bond donors (Lipinski definition) is 3. The fourth-order valence-electron chi connectivity index (χ4n) is 2.89. The van der Waals surface area contributed by atoms with Crippen LogP contribution in [0.2, 0.25) is 0 Å². The zero-order valence-electron chi connectivity index (χ0n) is 12.3. The van der Waals surface area contributed by atoms with E-state index < -0.39 is 0 Å². The van der Waals surface area contributed by atoms with Crippen LogP contribution in [0, 0.1) is 0 Å². The van der Waals surface area contributed by atoms with Crippen molar-refractivity contribution in [2.24, 2.45) is 0 Å². The van der Waals surface area contributed by atoms with E-state index in [9.17, 15) is 0 Å². The quantitative estimate of drug-likeness (QED) is 0.543. The highest BCUT2D eigenvalue weighted by molar-refractivity contribution is 7.80. The summed E-state index contributed by atoms with van der Waals surface area (Å²) in [4.78, 5) is 0. The molecule has 0 saturated carbocycles. The summed E-state index contributed by atoms with van der Waals surface area (Å²) in [7, 11) is 0. The molecule has 0 radical (unpaired) electrons. The average Bonchev–Trinajstić information content (AvgIpc) is 2.09. The van der Waals surface area contributed by atoms with E-state index in [4.69, 9.17) is 12.2 Å². The molecule has 0 aliphatic carbocycles. The van der Waals surface area contributed by atoms with Crippen LogP contribution in [0.5, 0.6) is 0 Å². The molecule has 3 nitrogen and oxygen atoms in total. The Balaban J connectivity index is 2.51. The second kappa shape index (κ2) is 5.57. The molecule has 1 rings (SSSR count). The molecule has 1 saturated heterocycles. The van der Waals surface area contributed by atoms with Crippen molar-refractivity contribution < 1.29 is 0 Å². The van der Waals surface area contributed by atoms with Gasteiger partial charge < -0.3 is 16.0 Å². The maximum atomic E-state index is 5.32. The average molecular weight is 269 g/mol. The molecular weight excluding hydrogens is 242 g/mol. The van der Waals surface area contributed by atoms with Gasteiger partial charge in [-0.3, -0.25) is 0 Å². The molecule has 0 spiro atoms. The minimum Gasteiger partial charge on any atom is -0.360 e. The van der Waals surface area contributed by atoms with E-state index in [-0.39, 0.29) is 11.1 Å². The van der Waals surface area contributed by atoms with Crippen LogP contribution in [-0.4, -0.2) is 28.8 Å². The summed E-state index contributed by atoms with van der Waals surface area (Å²) in [6.07, 6.45) is 2.15. The van der Waals surface area contributed by atoms with E-state index in [0.29, 0.717) is 6.04 Å². The Kier molecular flexibility index (Phi) is 4.78. The van der Waals surface area contributed by atoms with Crippen LogP contribution in [0.4, 0.5) is 0 Å². The van der Waals surface area contributed by atoms with Gasteiger partial charge in [-0.05, 0) is 59.7 Å². The Morgan fingerprint density at radius 2 is 1.78 bits per heavy atom. The lowest BCUT2D eigenvalue weighted by molar-refractivity contribution is 0.155. The molecule has 0 aromatic heterocycles. The van der Waals surface area contributed by atoms with Gasteiger partial charge in [0.2, 0.25) is 0 Å². The number of rotatable bonds is 3. The van der Waals surface area contributed by atoms with Crippen LogP contribution in [0.15, 0.2) is 12.2 Å². The van der Waals surface area contributed by atoms with Gasteiger partial charge in [0.1, 0.15) is 0 Å². The molecule has 0 aromatic carbocycles. The lowest BCUT2D eigenvalue weighted by Crippen LogP contribution is -2.62. The summed E-state index contributed by atoms with van der Waals surface area (Å²) in [5.74, 6) is 0. The molecule has 1 aliphatic rings. The maximum Gasteiger partial charge on any atom is 0.166 e. The van der Waals surface area contributed by atoms with Gasteiger partial charge in [0, 0.05) is 23.7 Å². The van der Waals surface area contributed by atoms with Crippen molar-refractivity contribution in [1.29, 1.82) is 0 Å². The van der Waals surface area contributed by atoms with Crippen LogP contribution in [0.1, 0.15) is 47.5 Å². The fourth-order valence-corrected chi connectivity index (χ4v) is 3.13. The van der Waals surface area contributed by atoms with Crippen molar-refractivity contribution in [2.75, 3.05) is 6.54 Å². The second-order valence-corrected chi connectivity index (χ2v) is 7.19. The van der Waals surface area contributed by atoms with Gasteiger partial charge in [-0.1, -0.05) is 12.2 Å². The normalized spacial score (nSPS) is 22.3. The Labute approximate surface area is 117 Å². The minimum absolute atomic E-state index is 0.142. The second-order valence-electron chi connectivity index (χ2n) is 6.78. The van der Waals surface area contributed by atoms with Crippen molar-refractivity contribution in [1.82, 2.24) is 16.0 Å². The SMILES string of the molecule is C=C(C)CNC(=S)NC1CC(C)(C)NC(C)(C)C1. The van der Waals surface area contributed by atoms with E-state index in [0.717, 1.165) is 30.1 Å². The number of piperidine rings is 1. The first kappa shape index (κ1) is 15.4. The third-order valence-corrected chi connectivity index (χ3v) is 3.34. The van der Waals surface area contributed by atoms with Gasteiger partial charge in [0.15, 0.2) is 5.11 Å². The van der Waals surface area contributed by atoms with Crippen molar-refractivity contribution in [3.05, 3.63) is 12.2 Å². The summed E-state index contributed by atoms with van der Waals surface area (Å²) in [6, 6.07) is 0.418. The molecule has 0 bridgehead atoms. The molecule has 1 fully saturated rings. The van der Waals surface area contributed by atoms with Gasteiger partial charge >= 0.3 is 0 Å². The molecule has 0 amide bonds. The van der Waals surface area contributed by atoms with Crippen molar-refractivity contribution >= 4 is 17.3 Å². The standard InChI is InChI=1S/C14H27N3S/c1-10(2)9-15-12(18)16-11-7-13(3,4)17-14(5,6)8-11/h11,17H,1,7-9H2,2-6H3,(H2,15,16,18). The predicted octanol–water partition coefficient (Wildman–Crippen LogP) is 2.34. The van der Waals surface area contributed by atoms with E-state index in [2.05, 4.69) is 50.2 Å². The smallest absolute Gasteiger partial charge is 0.166 e. The first-order chi connectivity index (χ1) is 8.10. The first-order valence-electron chi connectivity index (χ1n) is 6.58. The summed E-state index contributed by atoms with van der Waals surface area (Å²) >= 11 is 5.32. The largest absolute Gasteiger partial charge is 0.360 e. The van der Waals surface area contributed by atoms with Crippen molar-refractivity contribution in [2.45, 2.75) is 64.6 Å². The Bertz CT molecular complexity index is 318. The fraction of sp³-hybridized carbons (Fsp3) is 0.786. The Hall–Kier alpha value is -0.610. The molecule has 0 atom stereocenters.